The van der Waals surface area contributed by atoms with Crippen molar-refractivity contribution in [1.29, 1.82) is 0 Å². The van der Waals surface area contributed by atoms with Crippen molar-refractivity contribution in [1.82, 2.24) is 5.32 Å². The van der Waals surface area contributed by atoms with Crippen molar-refractivity contribution in [2.45, 2.75) is 45.2 Å². The molecule has 0 spiro atoms. The molecule has 1 unspecified atom stereocenters. The van der Waals surface area contributed by atoms with E-state index < -0.39 is 0 Å². The lowest BCUT2D eigenvalue weighted by Gasteiger charge is -2.26. The summed E-state index contributed by atoms with van der Waals surface area (Å²) in [7, 11) is 0. The molecule has 2 heterocycles. The van der Waals surface area contributed by atoms with Crippen LogP contribution in [0.15, 0.2) is 12.1 Å². The summed E-state index contributed by atoms with van der Waals surface area (Å²) in [5.41, 5.74) is 0. The predicted molar refractivity (Wildman–Crippen MR) is 75.7 cm³/mol. The zero-order chi connectivity index (χ0) is 11.4. The SMILES string of the molecule is Cc1ccc(CC(C)NC2CCSCC2)s1. The molecule has 1 N–H and O–H groups in total. The minimum atomic E-state index is 0.617. The van der Waals surface area contributed by atoms with Crippen LogP contribution in [0.2, 0.25) is 0 Å². The fourth-order valence-electron chi connectivity index (χ4n) is 2.22. The summed E-state index contributed by atoms with van der Waals surface area (Å²) in [5.74, 6) is 2.67. The molecule has 3 heteroatoms. The molecule has 1 aliphatic rings. The minimum Gasteiger partial charge on any atom is -0.311 e. The van der Waals surface area contributed by atoms with E-state index in [-0.39, 0.29) is 0 Å². The van der Waals surface area contributed by atoms with E-state index in [4.69, 9.17) is 0 Å². The first kappa shape index (κ1) is 12.5. The fraction of sp³-hybridized carbons (Fsp3) is 0.692. The van der Waals surface area contributed by atoms with Crippen molar-refractivity contribution >= 4 is 23.1 Å². The van der Waals surface area contributed by atoms with Crippen LogP contribution < -0.4 is 5.32 Å². The van der Waals surface area contributed by atoms with Crippen molar-refractivity contribution in [2.24, 2.45) is 0 Å². The topological polar surface area (TPSA) is 12.0 Å². The van der Waals surface area contributed by atoms with Gasteiger partial charge in [-0.25, -0.2) is 0 Å². The molecule has 1 aliphatic heterocycles. The quantitative estimate of drug-likeness (QED) is 0.884. The third-order valence-electron chi connectivity index (χ3n) is 3.04. The van der Waals surface area contributed by atoms with E-state index in [2.05, 4.69) is 43.1 Å². The highest BCUT2D eigenvalue weighted by atomic mass is 32.2. The van der Waals surface area contributed by atoms with Gasteiger partial charge in [0.05, 0.1) is 0 Å². The van der Waals surface area contributed by atoms with Crippen molar-refractivity contribution in [2.75, 3.05) is 11.5 Å². The first-order chi connectivity index (χ1) is 7.74. The van der Waals surface area contributed by atoms with Crippen molar-refractivity contribution in [3.05, 3.63) is 21.9 Å². The second-order valence-electron chi connectivity index (χ2n) is 4.67. The van der Waals surface area contributed by atoms with Crippen LogP contribution in [0, 0.1) is 6.92 Å². The Balaban J connectivity index is 1.77. The Morgan fingerprint density at radius 1 is 1.38 bits per heavy atom. The van der Waals surface area contributed by atoms with Gasteiger partial charge in [-0.3, -0.25) is 0 Å². The zero-order valence-electron chi connectivity index (χ0n) is 10.2. The third kappa shape index (κ3) is 3.79. The Morgan fingerprint density at radius 3 is 2.75 bits per heavy atom. The monoisotopic (exact) mass is 255 g/mol. The third-order valence-corrected chi connectivity index (χ3v) is 5.12. The van der Waals surface area contributed by atoms with E-state index in [0.717, 1.165) is 6.04 Å². The minimum absolute atomic E-state index is 0.617. The van der Waals surface area contributed by atoms with E-state index in [9.17, 15) is 0 Å². The van der Waals surface area contributed by atoms with Crippen LogP contribution in [-0.2, 0) is 6.42 Å². The van der Waals surface area contributed by atoms with Gasteiger partial charge < -0.3 is 5.32 Å². The van der Waals surface area contributed by atoms with Gasteiger partial charge in [-0.15, -0.1) is 11.3 Å². The highest BCUT2D eigenvalue weighted by Crippen LogP contribution is 2.19. The maximum absolute atomic E-state index is 3.77. The Bertz CT molecular complexity index is 315. The lowest BCUT2D eigenvalue weighted by molar-refractivity contribution is 0.422. The normalized spacial score (nSPS) is 19.9. The van der Waals surface area contributed by atoms with Gasteiger partial charge in [0.15, 0.2) is 0 Å². The molecule has 0 bridgehead atoms. The predicted octanol–water partition coefficient (Wildman–Crippen LogP) is 3.47. The Hall–Kier alpha value is 0.01000. The van der Waals surface area contributed by atoms with Crippen molar-refractivity contribution in [3.8, 4) is 0 Å². The first-order valence-corrected chi connectivity index (χ1v) is 8.10. The zero-order valence-corrected chi connectivity index (χ0v) is 11.8. The van der Waals surface area contributed by atoms with E-state index in [1.807, 2.05) is 11.3 Å². The van der Waals surface area contributed by atoms with Gasteiger partial charge in [0.1, 0.15) is 0 Å². The molecular formula is C13H21NS2. The molecular weight excluding hydrogens is 234 g/mol. The molecule has 1 aromatic heterocycles. The molecule has 16 heavy (non-hydrogen) atoms. The lowest BCUT2D eigenvalue weighted by atomic mass is 10.1. The van der Waals surface area contributed by atoms with Gasteiger partial charge in [-0.05, 0) is 56.7 Å². The van der Waals surface area contributed by atoms with Gasteiger partial charge in [0.2, 0.25) is 0 Å². The average Bonchev–Trinajstić information content (AvgIpc) is 2.65. The summed E-state index contributed by atoms with van der Waals surface area (Å²) in [4.78, 5) is 2.94. The molecule has 1 fully saturated rings. The number of hydrogen-bond acceptors (Lipinski definition) is 3. The summed E-state index contributed by atoms with van der Waals surface area (Å²) >= 11 is 4.03. The highest BCUT2D eigenvalue weighted by molar-refractivity contribution is 7.99. The second kappa shape index (κ2) is 6.08. The molecule has 90 valence electrons. The van der Waals surface area contributed by atoms with E-state index in [0.29, 0.717) is 6.04 Å². The Morgan fingerprint density at radius 2 is 2.12 bits per heavy atom. The average molecular weight is 255 g/mol. The number of thiophene rings is 1. The van der Waals surface area contributed by atoms with Gasteiger partial charge in [0, 0.05) is 21.8 Å². The van der Waals surface area contributed by atoms with Crippen LogP contribution in [0.1, 0.15) is 29.5 Å². The lowest BCUT2D eigenvalue weighted by Crippen LogP contribution is -2.39. The molecule has 1 saturated heterocycles. The van der Waals surface area contributed by atoms with Crippen LogP contribution in [0.4, 0.5) is 0 Å². The summed E-state index contributed by atoms with van der Waals surface area (Å²) in [6.45, 7) is 4.50. The van der Waals surface area contributed by atoms with Crippen LogP contribution in [0.25, 0.3) is 0 Å². The standard InChI is InChI=1S/C13H21NS2/c1-10(9-13-4-3-11(2)16-13)14-12-5-7-15-8-6-12/h3-4,10,12,14H,5-9H2,1-2H3. The van der Waals surface area contributed by atoms with Gasteiger partial charge in [0.25, 0.3) is 0 Å². The molecule has 2 rings (SSSR count). The molecule has 1 nitrogen and oxygen atoms in total. The fourth-order valence-corrected chi connectivity index (χ4v) is 4.35. The van der Waals surface area contributed by atoms with Crippen molar-refractivity contribution in [3.63, 3.8) is 0 Å². The first-order valence-electron chi connectivity index (χ1n) is 6.13. The second-order valence-corrected chi connectivity index (χ2v) is 7.27. The van der Waals surface area contributed by atoms with Gasteiger partial charge in [-0.2, -0.15) is 11.8 Å². The summed E-state index contributed by atoms with van der Waals surface area (Å²) in [5, 5.41) is 3.77. The van der Waals surface area contributed by atoms with Crippen LogP contribution >= 0.6 is 23.1 Å². The highest BCUT2D eigenvalue weighted by Gasteiger charge is 2.15. The van der Waals surface area contributed by atoms with Crippen LogP contribution in [0.5, 0.6) is 0 Å². The molecule has 0 amide bonds. The number of hydrogen-bond donors (Lipinski definition) is 1. The van der Waals surface area contributed by atoms with Crippen LogP contribution in [0.3, 0.4) is 0 Å². The van der Waals surface area contributed by atoms with E-state index >= 15 is 0 Å². The Labute approximate surface area is 107 Å². The number of thioether (sulfide) groups is 1. The number of rotatable bonds is 4. The molecule has 0 aromatic carbocycles. The molecule has 1 atom stereocenters. The number of aryl methyl sites for hydroxylation is 1. The summed E-state index contributed by atoms with van der Waals surface area (Å²) < 4.78 is 0. The summed E-state index contributed by atoms with van der Waals surface area (Å²) in [6.07, 6.45) is 3.87. The number of nitrogens with one attached hydrogen (secondary N) is 1. The van der Waals surface area contributed by atoms with Gasteiger partial charge in [-0.1, -0.05) is 0 Å². The maximum Gasteiger partial charge on any atom is 0.00896 e. The molecule has 0 radical (unpaired) electrons. The molecule has 0 saturated carbocycles. The summed E-state index contributed by atoms with van der Waals surface area (Å²) in [6, 6.07) is 5.88. The largest absolute Gasteiger partial charge is 0.311 e. The molecule has 1 aromatic rings. The smallest absolute Gasteiger partial charge is 0.00896 e. The molecule has 0 aliphatic carbocycles. The van der Waals surface area contributed by atoms with E-state index in [1.165, 1.54) is 40.5 Å². The van der Waals surface area contributed by atoms with Crippen molar-refractivity contribution < 1.29 is 0 Å². The maximum atomic E-state index is 3.77. The Kier molecular flexibility index (Phi) is 4.74. The van der Waals surface area contributed by atoms with Gasteiger partial charge >= 0.3 is 0 Å². The van der Waals surface area contributed by atoms with Crippen LogP contribution in [-0.4, -0.2) is 23.6 Å². The van der Waals surface area contributed by atoms with E-state index in [1.54, 1.807) is 0 Å².